The summed E-state index contributed by atoms with van der Waals surface area (Å²) in [4.78, 5) is 27.4. The van der Waals surface area contributed by atoms with Gasteiger partial charge < -0.3 is 25.2 Å². The molecular weight excluding hydrogens is 448 g/mol. The van der Waals surface area contributed by atoms with Crippen LogP contribution < -0.4 is 10.1 Å². The van der Waals surface area contributed by atoms with E-state index in [9.17, 15) is 14.7 Å². The Morgan fingerprint density at radius 1 is 1.33 bits per heavy atom. The third-order valence-electron chi connectivity index (χ3n) is 5.47. The summed E-state index contributed by atoms with van der Waals surface area (Å²) in [6.07, 6.45) is 3.36. The minimum atomic E-state index is -0.948. The van der Waals surface area contributed by atoms with Crippen molar-refractivity contribution in [1.82, 2.24) is 14.7 Å². The Balaban J connectivity index is 1.71. The Hall–Kier alpha value is -2.88. The molecule has 2 amide bonds. The highest BCUT2D eigenvalue weighted by molar-refractivity contribution is 6.32. The second-order valence-corrected chi connectivity index (χ2v) is 8.53. The lowest BCUT2D eigenvalue weighted by Gasteiger charge is -2.28. The molecule has 10 heteroatoms. The van der Waals surface area contributed by atoms with Crippen molar-refractivity contribution in [3.63, 3.8) is 0 Å². The SMILES string of the molecule is CCC(C)C[C@@H](C(=O)Nc1ccn(C[C@@H](O)CO)n1)N1CC(Oc2ccccc2Cl)=CC1=O. The number of aliphatic hydroxyl groups is 2. The van der Waals surface area contributed by atoms with Crippen LogP contribution in [-0.2, 0) is 16.1 Å². The normalized spacial score (nSPS) is 16.3. The van der Waals surface area contributed by atoms with Crippen LogP contribution >= 0.6 is 11.6 Å². The fourth-order valence-electron chi connectivity index (χ4n) is 3.44. The monoisotopic (exact) mass is 476 g/mol. The number of amides is 2. The van der Waals surface area contributed by atoms with Crippen LogP contribution in [0.2, 0.25) is 5.02 Å². The molecule has 3 atom stereocenters. The predicted molar refractivity (Wildman–Crippen MR) is 124 cm³/mol. The number of rotatable bonds is 11. The van der Waals surface area contributed by atoms with Gasteiger partial charge in [0, 0.05) is 18.3 Å². The molecule has 1 unspecified atom stereocenters. The van der Waals surface area contributed by atoms with Crippen LogP contribution in [0.3, 0.4) is 0 Å². The number of anilines is 1. The number of nitrogens with one attached hydrogen (secondary N) is 1. The second kappa shape index (κ2) is 11.3. The molecule has 178 valence electrons. The fraction of sp³-hybridized carbons (Fsp3) is 0.435. The average molecular weight is 477 g/mol. The van der Waals surface area contributed by atoms with Crippen LogP contribution in [0.25, 0.3) is 0 Å². The van der Waals surface area contributed by atoms with Crippen LogP contribution in [0, 0.1) is 5.92 Å². The Kier molecular flexibility index (Phi) is 8.49. The maximum Gasteiger partial charge on any atom is 0.251 e. The highest BCUT2D eigenvalue weighted by Gasteiger charge is 2.35. The van der Waals surface area contributed by atoms with Gasteiger partial charge >= 0.3 is 0 Å². The summed E-state index contributed by atoms with van der Waals surface area (Å²) in [5, 5.41) is 25.9. The van der Waals surface area contributed by atoms with Gasteiger partial charge in [0.2, 0.25) is 5.91 Å². The molecule has 1 aromatic heterocycles. The number of aliphatic hydroxyl groups excluding tert-OH is 2. The molecule has 0 radical (unpaired) electrons. The van der Waals surface area contributed by atoms with E-state index in [0.29, 0.717) is 28.8 Å². The zero-order valence-electron chi connectivity index (χ0n) is 18.6. The largest absolute Gasteiger partial charge is 0.458 e. The Bertz CT molecular complexity index is 1010. The van der Waals surface area contributed by atoms with Gasteiger partial charge in [-0.1, -0.05) is 44.0 Å². The summed E-state index contributed by atoms with van der Waals surface area (Å²) in [5.41, 5.74) is 0. The second-order valence-electron chi connectivity index (χ2n) is 8.12. The van der Waals surface area contributed by atoms with Gasteiger partial charge in [-0.2, -0.15) is 5.10 Å². The van der Waals surface area contributed by atoms with Gasteiger partial charge in [-0.25, -0.2) is 0 Å². The van der Waals surface area contributed by atoms with Gasteiger partial charge in [-0.05, 0) is 24.5 Å². The van der Waals surface area contributed by atoms with Gasteiger partial charge in [-0.15, -0.1) is 0 Å². The number of nitrogens with zero attached hydrogens (tertiary/aromatic N) is 3. The van der Waals surface area contributed by atoms with Crippen molar-refractivity contribution < 1.29 is 24.5 Å². The van der Waals surface area contributed by atoms with E-state index in [2.05, 4.69) is 10.4 Å². The summed E-state index contributed by atoms with van der Waals surface area (Å²) in [6, 6.07) is 7.86. The number of para-hydroxylation sites is 1. The van der Waals surface area contributed by atoms with Crippen LogP contribution in [-0.4, -0.2) is 62.0 Å². The Labute approximate surface area is 197 Å². The third kappa shape index (κ3) is 6.56. The molecule has 0 fully saturated rings. The average Bonchev–Trinajstić information content (AvgIpc) is 3.38. The molecule has 2 aromatic rings. The van der Waals surface area contributed by atoms with E-state index in [4.69, 9.17) is 21.4 Å². The number of hydrogen-bond donors (Lipinski definition) is 3. The molecule has 2 heterocycles. The van der Waals surface area contributed by atoms with Crippen molar-refractivity contribution in [3.05, 3.63) is 53.4 Å². The summed E-state index contributed by atoms with van der Waals surface area (Å²) >= 11 is 6.16. The summed E-state index contributed by atoms with van der Waals surface area (Å²) < 4.78 is 7.24. The number of hydrogen-bond acceptors (Lipinski definition) is 6. The van der Waals surface area contributed by atoms with Gasteiger partial charge in [0.15, 0.2) is 5.82 Å². The predicted octanol–water partition coefficient (Wildman–Crippen LogP) is 2.44. The van der Waals surface area contributed by atoms with Crippen molar-refractivity contribution in [2.75, 3.05) is 18.5 Å². The first-order chi connectivity index (χ1) is 15.8. The highest BCUT2D eigenvalue weighted by atomic mass is 35.5. The van der Waals surface area contributed by atoms with Gasteiger partial charge in [0.05, 0.1) is 30.8 Å². The summed E-state index contributed by atoms with van der Waals surface area (Å²) in [7, 11) is 0. The maximum atomic E-state index is 13.2. The van der Waals surface area contributed by atoms with Crippen LogP contribution in [0.15, 0.2) is 48.4 Å². The first kappa shape index (κ1) is 24.8. The van der Waals surface area contributed by atoms with Crippen LogP contribution in [0.1, 0.15) is 26.7 Å². The van der Waals surface area contributed by atoms with Crippen molar-refractivity contribution in [3.8, 4) is 5.75 Å². The maximum absolute atomic E-state index is 13.2. The number of ether oxygens (including phenoxy) is 1. The van der Waals surface area contributed by atoms with Crippen LogP contribution in [0.5, 0.6) is 5.75 Å². The third-order valence-corrected chi connectivity index (χ3v) is 5.79. The molecule has 33 heavy (non-hydrogen) atoms. The van der Waals surface area contributed by atoms with E-state index in [-0.39, 0.29) is 37.4 Å². The number of carbonyl (C=O) groups is 2. The fourth-order valence-corrected chi connectivity index (χ4v) is 3.62. The van der Waals surface area contributed by atoms with Gasteiger partial charge in [-0.3, -0.25) is 14.3 Å². The molecule has 3 rings (SSSR count). The van der Waals surface area contributed by atoms with Crippen molar-refractivity contribution >= 4 is 29.2 Å². The molecule has 0 bridgehead atoms. The number of aromatic nitrogens is 2. The Morgan fingerprint density at radius 3 is 2.79 bits per heavy atom. The smallest absolute Gasteiger partial charge is 0.251 e. The van der Waals surface area contributed by atoms with E-state index in [0.717, 1.165) is 6.42 Å². The van der Waals surface area contributed by atoms with Gasteiger partial charge in [0.25, 0.3) is 5.91 Å². The number of benzene rings is 1. The standard InChI is InChI=1S/C23H29ClN4O5/c1-3-15(2)10-19(23(32)25-21-8-9-27(26-21)12-16(30)14-29)28-13-17(11-22(28)31)33-20-7-5-4-6-18(20)24/h4-9,11,15-16,19,29-30H,3,10,12-14H2,1-2H3,(H,25,26,32)/t15?,16-,19+/m1/s1. The molecule has 0 saturated heterocycles. The van der Waals surface area contributed by atoms with Gasteiger partial charge in [0.1, 0.15) is 17.6 Å². The molecule has 1 aliphatic heterocycles. The first-order valence-corrected chi connectivity index (χ1v) is 11.2. The lowest BCUT2D eigenvalue weighted by atomic mass is 9.97. The van der Waals surface area contributed by atoms with E-state index >= 15 is 0 Å². The lowest BCUT2D eigenvalue weighted by Crippen LogP contribution is -2.46. The van der Waals surface area contributed by atoms with Crippen molar-refractivity contribution in [1.29, 1.82) is 0 Å². The first-order valence-electron chi connectivity index (χ1n) is 10.9. The molecular formula is C23H29ClN4O5. The topological polar surface area (TPSA) is 117 Å². The number of carbonyl (C=O) groups excluding carboxylic acids is 2. The molecule has 1 aliphatic rings. The number of halogens is 1. The van der Waals surface area contributed by atoms with Crippen molar-refractivity contribution in [2.45, 2.75) is 45.4 Å². The van der Waals surface area contributed by atoms with Crippen molar-refractivity contribution in [2.24, 2.45) is 5.92 Å². The Morgan fingerprint density at radius 2 is 2.09 bits per heavy atom. The minimum Gasteiger partial charge on any atom is -0.458 e. The highest BCUT2D eigenvalue weighted by Crippen LogP contribution is 2.28. The van der Waals surface area contributed by atoms with E-state index in [1.54, 1.807) is 36.5 Å². The van der Waals surface area contributed by atoms with E-state index in [1.807, 2.05) is 13.8 Å². The lowest BCUT2D eigenvalue weighted by molar-refractivity contribution is -0.134. The van der Waals surface area contributed by atoms with E-state index in [1.165, 1.54) is 15.7 Å². The molecule has 0 spiro atoms. The quantitative estimate of drug-likeness (QED) is 0.458. The molecule has 9 nitrogen and oxygen atoms in total. The zero-order valence-corrected chi connectivity index (χ0v) is 19.4. The molecule has 0 aliphatic carbocycles. The van der Waals surface area contributed by atoms with E-state index < -0.39 is 12.1 Å². The minimum absolute atomic E-state index is 0.0972. The molecule has 1 aromatic carbocycles. The molecule has 3 N–H and O–H groups in total. The zero-order chi connectivity index (χ0) is 24.0. The molecule has 0 saturated carbocycles. The summed E-state index contributed by atoms with van der Waals surface area (Å²) in [5.74, 6) is 0.697. The summed E-state index contributed by atoms with van der Waals surface area (Å²) in [6.45, 7) is 3.92. The van der Waals surface area contributed by atoms with Crippen LogP contribution in [0.4, 0.5) is 5.82 Å².